The lowest BCUT2D eigenvalue weighted by Gasteiger charge is -2.09. The lowest BCUT2D eigenvalue weighted by molar-refractivity contribution is 0.0696. The highest BCUT2D eigenvalue weighted by atomic mass is 16.6. The summed E-state index contributed by atoms with van der Waals surface area (Å²) in [4.78, 5) is 24.1. The Balaban J connectivity index is 1.64. The lowest BCUT2D eigenvalue weighted by atomic mass is 10.1. The van der Waals surface area contributed by atoms with Crippen LogP contribution in [0.3, 0.4) is 0 Å². The van der Waals surface area contributed by atoms with Gasteiger partial charge in [-0.3, -0.25) is 4.79 Å². The van der Waals surface area contributed by atoms with Crippen molar-refractivity contribution in [1.82, 2.24) is 5.43 Å². The molecule has 0 unspecified atom stereocenters. The number of benzene rings is 2. The van der Waals surface area contributed by atoms with Crippen molar-refractivity contribution in [3.8, 4) is 11.5 Å². The van der Waals surface area contributed by atoms with Crippen LogP contribution < -0.4 is 14.9 Å². The van der Waals surface area contributed by atoms with Crippen LogP contribution in [-0.2, 0) is 6.42 Å². The number of aryl methyl sites for hydroxylation is 1. The number of rotatable bonds is 7. The van der Waals surface area contributed by atoms with E-state index in [1.807, 2.05) is 12.1 Å². The molecule has 0 fully saturated rings. The highest BCUT2D eigenvalue weighted by Crippen LogP contribution is 2.28. The van der Waals surface area contributed by atoms with Gasteiger partial charge in [-0.05, 0) is 60.0 Å². The van der Waals surface area contributed by atoms with E-state index in [2.05, 4.69) is 17.5 Å². The van der Waals surface area contributed by atoms with Crippen molar-refractivity contribution in [3.63, 3.8) is 0 Å². The van der Waals surface area contributed by atoms with E-state index in [1.165, 1.54) is 25.7 Å². The predicted octanol–water partition coefficient (Wildman–Crippen LogP) is 3.83. The number of ether oxygens (including phenoxy) is 2. The molecule has 29 heavy (non-hydrogen) atoms. The summed E-state index contributed by atoms with van der Waals surface area (Å²) in [5.41, 5.74) is 4.82. The average Bonchev–Trinajstić information content (AvgIpc) is 3.29. The summed E-state index contributed by atoms with van der Waals surface area (Å²) < 4.78 is 15.6. The van der Waals surface area contributed by atoms with Crippen LogP contribution in [0.1, 0.15) is 39.0 Å². The summed E-state index contributed by atoms with van der Waals surface area (Å²) in [6, 6.07) is 15.3. The van der Waals surface area contributed by atoms with Gasteiger partial charge in [-0.15, -0.1) is 0 Å². The third-order valence-electron chi connectivity index (χ3n) is 4.12. The molecule has 0 aliphatic carbocycles. The van der Waals surface area contributed by atoms with Gasteiger partial charge in [0.2, 0.25) is 5.76 Å². The van der Waals surface area contributed by atoms with Gasteiger partial charge in [0.1, 0.15) is 0 Å². The molecule has 0 aliphatic rings. The molecule has 1 amide bonds. The molecule has 0 spiro atoms. The third kappa shape index (κ3) is 5.10. The molecular weight excluding hydrogens is 372 g/mol. The normalized spacial score (nSPS) is 10.7. The summed E-state index contributed by atoms with van der Waals surface area (Å²) in [6.45, 7) is 2.05. The van der Waals surface area contributed by atoms with Gasteiger partial charge in [-0.2, -0.15) is 5.10 Å². The van der Waals surface area contributed by atoms with Crippen molar-refractivity contribution in [2.75, 3.05) is 7.11 Å². The first kappa shape index (κ1) is 19.9. The zero-order valence-corrected chi connectivity index (χ0v) is 16.0. The second-order valence-electron chi connectivity index (χ2n) is 6.03. The van der Waals surface area contributed by atoms with E-state index in [0.717, 1.165) is 12.0 Å². The van der Waals surface area contributed by atoms with Crippen LogP contribution >= 0.6 is 0 Å². The van der Waals surface area contributed by atoms with Crippen molar-refractivity contribution in [1.29, 1.82) is 0 Å². The Morgan fingerprint density at radius 2 is 1.90 bits per heavy atom. The minimum Gasteiger partial charge on any atom is -0.493 e. The topological polar surface area (TPSA) is 90.1 Å². The van der Waals surface area contributed by atoms with E-state index >= 15 is 0 Å². The predicted molar refractivity (Wildman–Crippen MR) is 108 cm³/mol. The van der Waals surface area contributed by atoms with Crippen molar-refractivity contribution in [3.05, 3.63) is 83.3 Å². The quantitative estimate of drug-likeness (QED) is 0.286. The summed E-state index contributed by atoms with van der Waals surface area (Å²) in [5.74, 6) is -0.259. The maximum atomic E-state index is 12.1. The van der Waals surface area contributed by atoms with E-state index in [9.17, 15) is 9.59 Å². The maximum absolute atomic E-state index is 12.1. The summed E-state index contributed by atoms with van der Waals surface area (Å²) in [5, 5.41) is 3.96. The number of hydrogen-bond donors (Lipinski definition) is 1. The molecule has 1 N–H and O–H groups in total. The van der Waals surface area contributed by atoms with Crippen LogP contribution in [-0.4, -0.2) is 25.2 Å². The van der Waals surface area contributed by atoms with Crippen molar-refractivity contribution >= 4 is 18.1 Å². The molecule has 7 heteroatoms. The zero-order chi connectivity index (χ0) is 20.6. The van der Waals surface area contributed by atoms with E-state index in [1.54, 1.807) is 36.4 Å². The molecule has 0 aliphatic heterocycles. The maximum Gasteiger partial charge on any atom is 0.379 e. The number of carbonyl (C=O) groups is 2. The summed E-state index contributed by atoms with van der Waals surface area (Å²) >= 11 is 0. The molecule has 0 atom stereocenters. The van der Waals surface area contributed by atoms with Crippen molar-refractivity contribution in [2.24, 2.45) is 5.10 Å². The summed E-state index contributed by atoms with van der Waals surface area (Å²) in [7, 11) is 1.46. The first-order valence-electron chi connectivity index (χ1n) is 8.96. The van der Waals surface area contributed by atoms with Crippen LogP contribution in [0.15, 0.2) is 70.4 Å². The number of esters is 1. The van der Waals surface area contributed by atoms with Gasteiger partial charge < -0.3 is 13.9 Å². The molecule has 0 saturated carbocycles. The Morgan fingerprint density at radius 1 is 1.10 bits per heavy atom. The van der Waals surface area contributed by atoms with Crippen molar-refractivity contribution in [2.45, 2.75) is 13.3 Å². The van der Waals surface area contributed by atoms with Gasteiger partial charge in [0, 0.05) is 5.56 Å². The molecule has 2 aromatic carbocycles. The van der Waals surface area contributed by atoms with Gasteiger partial charge in [0.25, 0.3) is 5.91 Å². The van der Waals surface area contributed by atoms with E-state index in [0.29, 0.717) is 16.9 Å². The zero-order valence-electron chi connectivity index (χ0n) is 16.0. The first-order valence-corrected chi connectivity index (χ1v) is 8.96. The minimum atomic E-state index is -0.629. The first-order chi connectivity index (χ1) is 14.1. The fourth-order valence-corrected chi connectivity index (χ4v) is 2.52. The molecule has 1 heterocycles. The second kappa shape index (κ2) is 9.36. The van der Waals surface area contributed by atoms with Gasteiger partial charge in [0.05, 0.1) is 19.6 Å². The Bertz CT molecular complexity index is 1010. The highest BCUT2D eigenvalue weighted by molar-refractivity contribution is 5.95. The molecule has 0 bridgehead atoms. The fourth-order valence-electron chi connectivity index (χ4n) is 2.52. The number of hydrogen-bond acceptors (Lipinski definition) is 6. The van der Waals surface area contributed by atoms with Crippen LogP contribution in [0.25, 0.3) is 0 Å². The second-order valence-corrected chi connectivity index (χ2v) is 6.03. The number of furan rings is 1. The number of methoxy groups -OCH3 is 1. The van der Waals surface area contributed by atoms with Crippen LogP contribution in [0, 0.1) is 0 Å². The monoisotopic (exact) mass is 392 g/mol. The number of amides is 1. The van der Waals surface area contributed by atoms with Gasteiger partial charge in [0.15, 0.2) is 11.5 Å². The van der Waals surface area contributed by atoms with Gasteiger partial charge in [-0.1, -0.05) is 19.1 Å². The average molecular weight is 392 g/mol. The summed E-state index contributed by atoms with van der Waals surface area (Å²) in [6.07, 6.45) is 3.77. The Hall–Kier alpha value is -3.87. The van der Waals surface area contributed by atoms with E-state index < -0.39 is 5.97 Å². The fraction of sp³-hybridized carbons (Fsp3) is 0.136. The SMILES string of the molecule is CCc1ccc(C(=O)N/N=C\c2ccc(OC(=O)c3ccco3)c(OC)c2)cc1. The van der Waals surface area contributed by atoms with Gasteiger partial charge >= 0.3 is 5.97 Å². The minimum absolute atomic E-state index is 0.0902. The lowest BCUT2D eigenvalue weighted by Crippen LogP contribution is -2.17. The molecule has 0 radical (unpaired) electrons. The molecular formula is C22H20N2O5. The van der Waals surface area contributed by atoms with Crippen LogP contribution in [0.5, 0.6) is 11.5 Å². The van der Waals surface area contributed by atoms with Crippen molar-refractivity contribution < 1.29 is 23.5 Å². The molecule has 148 valence electrons. The number of hydrazone groups is 1. The Labute approximate surface area is 167 Å². The van der Waals surface area contributed by atoms with E-state index in [-0.39, 0.29) is 17.4 Å². The number of nitrogens with zero attached hydrogens (tertiary/aromatic N) is 1. The molecule has 0 saturated heterocycles. The molecule has 1 aromatic heterocycles. The van der Waals surface area contributed by atoms with Crippen LogP contribution in [0.4, 0.5) is 0 Å². The molecule has 3 aromatic rings. The third-order valence-corrected chi connectivity index (χ3v) is 4.12. The molecule has 7 nitrogen and oxygen atoms in total. The van der Waals surface area contributed by atoms with E-state index in [4.69, 9.17) is 13.9 Å². The van der Waals surface area contributed by atoms with Crippen LogP contribution in [0.2, 0.25) is 0 Å². The Kier molecular flexibility index (Phi) is 6.42. The highest BCUT2D eigenvalue weighted by Gasteiger charge is 2.14. The standard InChI is InChI=1S/C22H20N2O5/c1-3-15-6-9-17(10-7-15)21(25)24-23-14-16-8-11-18(20(13-16)27-2)29-22(26)19-5-4-12-28-19/h4-14H,3H2,1-2H3,(H,24,25)/b23-14-. The largest absolute Gasteiger partial charge is 0.493 e. The number of nitrogens with one attached hydrogen (secondary N) is 1. The Morgan fingerprint density at radius 3 is 2.55 bits per heavy atom. The van der Waals surface area contributed by atoms with Gasteiger partial charge in [-0.25, -0.2) is 10.2 Å². The smallest absolute Gasteiger partial charge is 0.379 e. The molecule has 3 rings (SSSR count). The number of carbonyl (C=O) groups excluding carboxylic acids is 2.